The van der Waals surface area contributed by atoms with E-state index in [1.165, 1.54) is 16.7 Å². The van der Waals surface area contributed by atoms with Gasteiger partial charge in [-0.05, 0) is 25.0 Å². The van der Waals surface area contributed by atoms with Gasteiger partial charge in [0.05, 0.1) is 6.42 Å². The summed E-state index contributed by atoms with van der Waals surface area (Å²) >= 11 is 0. The van der Waals surface area contributed by atoms with Crippen LogP contribution in [0, 0.1) is 13.8 Å². The van der Waals surface area contributed by atoms with Crippen LogP contribution in [0.3, 0.4) is 0 Å². The predicted octanol–water partition coefficient (Wildman–Crippen LogP) is 2.04. The molecule has 1 N–H and O–H groups in total. The van der Waals surface area contributed by atoms with E-state index in [9.17, 15) is 4.79 Å². The molecule has 20 heavy (non-hydrogen) atoms. The highest BCUT2D eigenvalue weighted by atomic mass is 16.4. The van der Waals surface area contributed by atoms with Crippen molar-refractivity contribution in [3.8, 4) is 0 Å². The highest BCUT2D eigenvalue weighted by Crippen LogP contribution is 2.15. The fourth-order valence-electron chi connectivity index (χ4n) is 2.11. The second kappa shape index (κ2) is 5.86. The maximum Gasteiger partial charge on any atom is 0.303 e. The molecule has 0 unspecified atom stereocenters. The molecule has 5 nitrogen and oxygen atoms in total. The first kappa shape index (κ1) is 14.2. The van der Waals surface area contributed by atoms with E-state index in [1.54, 1.807) is 4.68 Å². The molecule has 106 valence electrons. The molecule has 0 aliphatic rings. The Morgan fingerprint density at radius 1 is 1.35 bits per heavy atom. The van der Waals surface area contributed by atoms with Crippen LogP contribution in [0.5, 0.6) is 0 Å². The lowest BCUT2D eigenvalue weighted by molar-refractivity contribution is -0.137. The van der Waals surface area contributed by atoms with E-state index in [0.717, 1.165) is 5.82 Å². The zero-order valence-corrected chi connectivity index (χ0v) is 12.1. The van der Waals surface area contributed by atoms with Gasteiger partial charge in [0.1, 0.15) is 5.82 Å². The lowest BCUT2D eigenvalue weighted by Crippen LogP contribution is -2.02. The van der Waals surface area contributed by atoms with Crippen molar-refractivity contribution in [3.63, 3.8) is 0 Å². The SMILES string of the molecule is Cc1ccc(C)c(Cc2nc(CCC(=O)O)nn2C)c1. The van der Waals surface area contributed by atoms with E-state index in [0.29, 0.717) is 18.7 Å². The molecule has 0 spiro atoms. The molecule has 5 heteroatoms. The molecule has 0 atom stereocenters. The fourth-order valence-corrected chi connectivity index (χ4v) is 2.11. The van der Waals surface area contributed by atoms with Gasteiger partial charge < -0.3 is 5.11 Å². The van der Waals surface area contributed by atoms with Crippen molar-refractivity contribution in [1.29, 1.82) is 0 Å². The molecule has 0 radical (unpaired) electrons. The average molecular weight is 273 g/mol. The summed E-state index contributed by atoms with van der Waals surface area (Å²) in [6.07, 6.45) is 1.15. The van der Waals surface area contributed by atoms with Crippen LogP contribution in [0.2, 0.25) is 0 Å². The normalized spacial score (nSPS) is 10.8. The van der Waals surface area contributed by atoms with Crippen LogP contribution in [-0.2, 0) is 24.7 Å². The summed E-state index contributed by atoms with van der Waals surface area (Å²) in [6, 6.07) is 6.35. The largest absolute Gasteiger partial charge is 0.481 e. The van der Waals surface area contributed by atoms with Gasteiger partial charge in [-0.3, -0.25) is 9.48 Å². The zero-order chi connectivity index (χ0) is 14.7. The van der Waals surface area contributed by atoms with Crippen molar-refractivity contribution in [2.75, 3.05) is 0 Å². The number of rotatable bonds is 5. The third kappa shape index (κ3) is 3.44. The van der Waals surface area contributed by atoms with Crippen LogP contribution in [-0.4, -0.2) is 25.8 Å². The number of benzene rings is 1. The van der Waals surface area contributed by atoms with E-state index in [1.807, 2.05) is 7.05 Å². The Morgan fingerprint density at radius 3 is 2.80 bits per heavy atom. The van der Waals surface area contributed by atoms with Gasteiger partial charge in [0, 0.05) is 19.9 Å². The summed E-state index contributed by atoms with van der Waals surface area (Å²) in [6.45, 7) is 4.15. The van der Waals surface area contributed by atoms with Gasteiger partial charge in [-0.2, -0.15) is 5.10 Å². The van der Waals surface area contributed by atoms with E-state index in [-0.39, 0.29) is 6.42 Å². The molecule has 1 heterocycles. The molecule has 0 aliphatic heterocycles. The first-order chi connectivity index (χ1) is 9.45. The summed E-state index contributed by atoms with van der Waals surface area (Å²) in [5, 5.41) is 13.0. The quantitative estimate of drug-likeness (QED) is 0.905. The first-order valence-corrected chi connectivity index (χ1v) is 6.62. The van der Waals surface area contributed by atoms with E-state index >= 15 is 0 Å². The molecule has 0 fully saturated rings. The average Bonchev–Trinajstić information content (AvgIpc) is 2.72. The minimum atomic E-state index is -0.825. The number of aromatic nitrogens is 3. The van der Waals surface area contributed by atoms with Crippen molar-refractivity contribution >= 4 is 5.97 Å². The van der Waals surface area contributed by atoms with Crippen LogP contribution in [0.25, 0.3) is 0 Å². The summed E-state index contributed by atoms with van der Waals surface area (Å²) in [5.74, 6) is 0.628. The monoisotopic (exact) mass is 273 g/mol. The van der Waals surface area contributed by atoms with Gasteiger partial charge in [-0.15, -0.1) is 0 Å². The minimum Gasteiger partial charge on any atom is -0.481 e. The van der Waals surface area contributed by atoms with E-state index < -0.39 is 5.97 Å². The molecular weight excluding hydrogens is 254 g/mol. The van der Waals surface area contributed by atoms with Crippen LogP contribution in [0.15, 0.2) is 18.2 Å². The summed E-state index contributed by atoms with van der Waals surface area (Å²) in [5.41, 5.74) is 3.68. The third-order valence-corrected chi connectivity index (χ3v) is 3.31. The molecule has 0 saturated heterocycles. The van der Waals surface area contributed by atoms with Gasteiger partial charge in [0.25, 0.3) is 0 Å². The van der Waals surface area contributed by atoms with Crippen LogP contribution in [0.4, 0.5) is 0 Å². The molecule has 1 aromatic heterocycles. The fraction of sp³-hybridized carbons (Fsp3) is 0.400. The topological polar surface area (TPSA) is 68.0 Å². The van der Waals surface area contributed by atoms with Crippen molar-refractivity contribution in [2.24, 2.45) is 7.05 Å². The number of carboxylic acid groups (broad SMARTS) is 1. The van der Waals surface area contributed by atoms with Gasteiger partial charge in [-0.1, -0.05) is 23.8 Å². The number of hydrogen-bond donors (Lipinski definition) is 1. The van der Waals surface area contributed by atoms with Gasteiger partial charge in [-0.25, -0.2) is 4.98 Å². The van der Waals surface area contributed by atoms with Gasteiger partial charge in [0.2, 0.25) is 0 Å². The van der Waals surface area contributed by atoms with Crippen molar-refractivity contribution in [3.05, 3.63) is 46.5 Å². The highest BCUT2D eigenvalue weighted by Gasteiger charge is 2.10. The van der Waals surface area contributed by atoms with Crippen LogP contribution >= 0.6 is 0 Å². The number of nitrogens with zero attached hydrogens (tertiary/aromatic N) is 3. The minimum absolute atomic E-state index is 0.0624. The smallest absolute Gasteiger partial charge is 0.303 e. The maximum atomic E-state index is 10.6. The molecule has 0 bridgehead atoms. The van der Waals surface area contributed by atoms with Crippen LogP contribution < -0.4 is 0 Å². The number of carbonyl (C=O) groups is 1. The Labute approximate surface area is 118 Å². The second-order valence-corrected chi connectivity index (χ2v) is 5.07. The molecular formula is C15H19N3O2. The van der Waals surface area contributed by atoms with Gasteiger partial charge >= 0.3 is 5.97 Å². The zero-order valence-electron chi connectivity index (χ0n) is 12.1. The predicted molar refractivity (Wildman–Crippen MR) is 75.7 cm³/mol. The Bertz CT molecular complexity index is 632. The molecule has 0 saturated carbocycles. The van der Waals surface area contributed by atoms with Crippen molar-refractivity contribution < 1.29 is 9.90 Å². The Hall–Kier alpha value is -2.17. The van der Waals surface area contributed by atoms with Crippen molar-refractivity contribution in [1.82, 2.24) is 14.8 Å². The Balaban J connectivity index is 2.17. The van der Waals surface area contributed by atoms with Crippen molar-refractivity contribution in [2.45, 2.75) is 33.1 Å². The molecule has 1 aromatic carbocycles. The van der Waals surface area contributed by atoms with Gasteiger partial charge in [0.15, 0.2) is 5.82 Å². The molecule has 0 amide bonds. The maximum absolute atomic E-state index is 10.6. The lowest BCUT2D eigenvalue weighted by atomic mass is 10.0. The number of hydrogen-bond acceptors (Lipinski definition) is 3. The molecule has 2 rings (SSSR count). The number of aryl methyl sites for hydroxylation is 4. The molecule has 2 aromatic rings. The summed E-state index contributed by atoms with van der Waals surface area (Å²) < 4.78 is 1.74. The highest BCUT2D eigenvalue weighted by molar-refractivity contribution is 5.66. The number of carboxylic acids is 1. The Morgan fingerprint density at radius 2 is 2.10 bits per heavy atom. The van der Waals surface area contributed by atoms with Crippen LogP contribution in [0.1, 0.15) is 34.8 Å². The lowest BCUT2D eigenvalue weighted by Gasteiger charge is -2.06. The standard InChI is InChI=1S/C15H19N3O2/c1-10-4-5-11(2)12(8-10)9-14-16-13(17-18(14)3)6-7-15(19)20/h4-5,8H,6-7,9H2,1-3H3,(H,19,20). The van der Waals surface area contributed by atoms with E-state index in [4.69, 9.17) is 5.11 Å². The second-order valence-electron chi connectivity index (χ2n) is 5.07. The van der Waals surface area contributed by atoms with E-state index in [2.05, 4.69) is 42.1 Å². The molecule has 0 aliphatic carbocycles. The summed E-state index contributed by atoms with van der Waals surface area (Å²) in [7, 11) is 1.84. The first-order valence-electron chi connectivity index (χ1n) is 6.62. The number of aliphatic carboxylic acids is 1. The summed E-state index contributed by atoms with van der Waals surface area (Å²) in [4.78, 5) is 15.0. The third-order valence-electron chi connectivity index (χ3n) is 3.31. The Kier molecular flexibility index (Phi) is 4.17.